The van der Waals surface area contributed by atoms with Gasteiger partial charge in [0.2, 0.25) is 5.91 Å². The zero-order valence-electron chi connectivity index (χ0n) is 6.47. The molecule has 1 aromatic rings. The number of carbonyl (C=O) groups excluding carboxylic acids is 1. The zero-order valence-corrected chi connectivity index (χ0v) is 7.22. The van der Waals surface area contributed by atoms with E-state index in [0.717, 1.165) is 0 Å². The Bertz CT molecular complexity index is 314. The smallest absolute Gasteiger partial charge is 0.250 e. The van der Waals surface area contributed by atoms with E-state index in [1.54, 1.807) is 13.1 Å². The molecular formula is C7H8ClN3O. The van der Waals surface area contributed by atoms with Gasteiger partial charge >= 0.3 is 0 Å². The maximum atomic E-state index is 10.7. The van der Waals surface area contributed by atoms with Crippen molar-refractivity contribution < 1.29 is 4.79 Å². The lowest BCUT2D eigenvalue weighted by molar-refractivity contribution is 0.1000. The maximum absolute atomic E-state index is 10.7. The zero-order chi connectivity index (χ0) is 9.14. The number of carbonyl (C=O) groups is 1. The molecule has 0 saturated carbocycles. The van der Waals surface area contributed by atoms with Gasteiger partial charge in [-0.1, -0.05) is 11.6 Å². The molecule has 0 aliphatic rings. The van der Waals surface area contributed by atoms with Gasteiger partial charge in [0.1, 0.15) is 0 Å². The standard InChI is InChI=1S/C7H8ClN3O/c1-10-5-2-4(7(9)12)3-11-6(5)8/h2-3,10H,1H3,(H2,9,12). The van der Waals surface area contributed by atoms with Gasteiger partial charge in [0.25, 0.3) is 0 Å². The highest BCUT2D eigenvalue weighted by Crippen LogP contribution is 2.18. The summed E-state index contributed by atoms with van der Waals surface area (Å²) in [7, 11) is 1.69. The van der Waals surface area contributed by atoms with Gasteiger partial charge in [-0.25, -0.2) is 4.98 Å². The first-order valence-corrected chi connectivity index (χ1v) is 3.66. The molecule has 0 aliphatic carbocycles. The Hall–Kier alpha value is -1.29. The van der Waals surface area contributed by atoms with Crippen LogP contribution in [0.15, 0.2) is 12.3 Å². The normalized spacial score (nSPS) is 9.50. The van der Waals surface area contributed by atoms with Gasteiger partial charge in [-0.2, -0.15) is 0 Å². The van der Waals surface area contributed by atoms with Crippen molar-refractivity contribution in [3.63, 3.8) is 0 Å². The summed E-state index contributed by atoms with van der Waals surface area (Å²) >= 11 is 5.68. The lowest BCUT2D eigenvalue weighted by Crippen LogP contribution is -2.11. The fourth-order valence-electron chi connectivity index (χ4n) is 0.758. The van der Waals surface area contributed by atoms with E-state index in [9.17, 15) is 4.79 Å². The third kappa shape index (κ3) is 1.65. The molecule has 0 aliphatic heterocycles. The fraction of sp³-hybridized carbons (Fsp3) is 0.143. The molecule has 0 saturated heterocycles. The van der Waals surface area contributed by atoms with Crippen LogP contribution in [0.1, 0.15) is 10.4 Å². The Labute approximate surface area is 74.7 Å². The summed E-state index contributed by atoms with van der Waals surface area (Å²) < 4.78 is 0. The van der Waals surface area contributed by atoms with E-state index in [1.807, 2.05) is 0 Å². The molecule has 12 heavy (non-hydrogen) atoms. The molecule has 1 rings (SSSR count). The number of amides is 1. The number of rotatable bonds is 2. The van der Waals surface area contributed by atoms with Gasteiger partial charge in [-0.05, 0) is 6.07 Å². The monoisotopic (exact) mass is 185 g/mol. The van der Waals surface area contributed by atoms with E-state index >= 15 is 0 Å². The minimum Gasteiger partial charge on any atom is -0.386 e. The topological polar surface area (TPSA) is 68.0 Å². The summed E-state index contributed by atoms with van der Waals surface area (Å²) in [6.07, 6.45) is 1.34. The molecule has 1 amide bonds. The van der Waals surface area contributed by atoms with Crippen molar-refractivity contribution in [3.8, 4) is 0 Å². The third-order valence-corrected chi connectivity index (χ3v) is 1.69. The number of nitrogens with two attached hydrogens (primary N) is 1. The van der Waals surface area contributed by atoms with E-state index < -0.39 is 5.91 Å². The van der Waals surface area contributed by atoms with Crippen LogP contribution in [0.4, 0.5) is 5.69 Å². The number of hydrogen-bond donors (Lipinski definition) is 2. The lowest BCUT2D eigenvalue weighted by atomic mass is 10.2. The van der Waals surface area contributed by atoms with Gasteiger partial charge in [-0.3, -0.25) is 4.79 Å². The van der Waals surface area contributed by atoms with Crippen molar-refractivity contribution in [1.82, 2.24) is 4.98 Å². The van der Waals surface area contributed by atoms with Crippen LogP contribution in [0.25, 0.3) is 0 Å². The number of hydrogen-bond acceptors (Lipinski definition) is 3. The quantitative estimate of drug-likeness (QED) is 0.672. The molecule has 0 radical (unpaired) electrons. The second kappa shape index (κ2) is 3.40. The number of anilines is 1. The van der Waals surface area contributed by atoms with Gasteiger partial charge in [0.15, 0.2) is 5.15 Å². The van der Waals surface area contributed by atoms with Crippen molar-refractivity contribution in [3.05, 3.63) is 23.0 Å². The highest BCUT2D eigenvalue weighted by molar-refractivity contribution is 6.32. The molecule has 64 valence electrons. The highest BCUT2D eigenvalue weighted by Gasteiger charge is 2.04. The molecule has 0 fully saturated rings. The van der Waals surface area contributed by atoms with Crippen LogP contribution in [-0.4, -0.2) is 17.9 Å². The molecule has 0 atom stereocenters. The number of aromatic nitrogens is 1. The molecule has 0 bridgehead atoms. The molecule has 5 heteroatoms. The fourth-order valence-corrected chi connectivity index (χ4v) is 0.956. The summed E-state index contributed by atoms with van der Waals surface area (Å²) in [4.78, 5) is 14.5. The second-order valence-electron chi connectivity index (χ2n) is 2.18. The SMILES string of the molecule is CNc1cc(C(N)=O)cnc1Cl. The first kappa shape index (κ1) is 8.80. The van der Waals surface area contributed by atoms with Gasteiger partial charge < -0.3 is 11.1 Å². The summed E-state index contributed by atoms with van der Waals surface area (Å²) in [5.74, 6) is -0.518. The van der Waals surface area contributed by atoms with Crippen LogP contribution >= 0.6 is 11.6 Å². The Morgan fingerprint density at radius 2 is 2.42 bits per heavy atom. The number of nitrogens with one attached hydrogen (secondary N) is 1. The van der Waals surface area contributed by atoms with E-state index in [4.69, 9.17) is 17.3 Å². The largest absolute Gasteiger partial charge is 0.386 e. The Morgan fingerprint density at radius 3 is 2.92 bits per heavy atom. The van der Waals surface area contributed by atoms with Crippen LogP contribution in [0.3, 0.4) is 0 Å². The number of halogens is 1. The Morgan fingerprint density at radius 1 is 1.75 bits per heavy atom. The van der Waals surface area contributed by atoms with Gasteiger partial charge in [0.05, 0.1) is 11.3 Å². The summed E-state index contributed by atoms with van der Waals surface area (Å²) in [5.41, 5.74) is 5.97. The first-order valence-electron chi connectivity index (χ1n) is 3.28. The Balaban J connectivity index is 3.13. The molecule has 1 aromatic heterocycles. The average molecular weight is 186 g/mol. The summed E-state index contributed by atoms with van der Waals surface area (Å²) in [6.45, 7) is 0. The molecule has 0 aromatic carbocycles. The minimum atomic E-state index is -0.518. The van der Waals surface area contributed by atoms with Crippen molar-refractivity contribution >= 4 is 23.2 Å². The van der Waals surface area contributed by atoms with E-state index in [2.05, 4.69) is 10.3 Å². The third-order valence-electron chi connectivity index (χ3n) is 1.39. The maximum Gasteiger partial charge on any atom is 0.250 e. The summed E-state index contributed by atoms with van der Waals surface area (Å²) in [6, 6.07) is 1.55. The van der Waals surface area contributed by atoms with Crippen molar-refractivity contribution in [2.75, 3.05) is 12.4 Å². The molecule has 1 heterocycles. The van der Waals surface area contributed by atoms with Gasteiger partial charge in [0, 0.05) is 13.2 Å². The minimum absolute atomic E-state index is 0.322. The van der Waals surface area contributed by atoms with Crippen LogP contribution in [0.5, 0.6) is 0 Å². The van der Waals surface area contributed by atoms with Gasteiger partial charge in [-0.15, -0.1) is 0 Å². The summed E-state index contributed by atoms with van der Waals surface area (Å²) in [5, 5.41) is 3.11. The molecule has 4 nitrogen and oxygen atoms in total. The molecule has 3 N–H and O–H groups in total. The highest BCUT2D eigenvalue weighted by atomic mass is 35.5. The van der Waals surface area contributed by atoms with Crippen LogP contribution in [0, 0.1) is 0 Å². The molecule has 0 spiro atoms. The predicted octanol–water partition coefficient (Wildman–Crippen LogP) is 0.876. The van der Waals surface area contributed by atoms with Crippen LogP contribution in [0.2, 0.25) is 5.15 Å². The first-order chi connectivity index (χ1) is 5.65. The van der Waals surface area contributed by atoms with E-state index in [0.29, 0.717) is 16.4 Å². The van der Waals surface area contributed by atoms with E-state index in [1.165, 1.54) is 6.20 Å². The van der Waals surface area contributed by atoms with Crippen LogP contribution in [-0.2, 0) is 0 Å². The average Bonchev–Trinajstić information content (AvgIpc) is 2.05. The number of nitrogens with zero attached hydrogens (tertiary/aromatic N) is 1. The predicted molar refractivity (Wildman–Crippen MR) is 47.3 cm³/mol. The van der Waals surface area contributed by atoms with Crippen LogP contribution < -0.4 is 11.1 Å². The lowest BCUT2D eigenvalue weighted by Gasteiger charge is -2.02. The molecular weight excluding hydrogens is 178 g/mol. The molecule has 0 unspecified atom stereocenters. The number of primary amides is 1. The second-order valence-corrected chi connectivity index (χ2v) is 2.53. The van der Waals surface area contributed by atoms with Crippen molar-refractivity contribution in [2.24, 2.45) is 5.73 Å². The van der Waals surface area contributed by atoms with Crippen molar-refractivity contribution in [1.29, 1.82) is 0 Å². The van der Waals surface area contributed by atoms with E-state index in [-0.39, 0.29) is 0 Å². The van der Waals surface area contributed by atoms with Crippen molar-refractivity contribution in [2.45, 2.75) is 0 Å². The number of pyridine rings is 1. The Kier molecular flexibility index (Phi) is 2.50.